The molecule has 1 heterocycles. The number of nitrogens with one attached hydrogen (secondary N) is 2. The van der Waals surface area contributed by atoms with Crippen molar-refractivity contribution in [1.82, 2.24) is 10.6 Å². The Balaban J connectivity index is 1.93. The van der Waals surface area contributed by atoms with Crippen molar-refractivity contribution in [1.29, 1.82) is 0 Å². The predicted molar refractivity (Wildman–Crippen MR) is 90.6 cm³/mol. The molecule has 23 heavy (non-hydrogen) atoms. The molecule has 2 rings (SSSR count). The monoisotopic (exact) mass is 320 g/mol. The van der Waals surface area contributed by atoms with Gasteiger partial charge in [-0.15, -0.1) is 0 Å². The molecular weight excluding hydrogens is 292 g/mol. The van der Waals surface area contributed by atoms with Crippen LogP contribution in [0.4, 0.5) is 0 Å². The zero-order valence-corrected chi connectivity index (χ0v) is 14.4. The number of hydrogen-bond donors (Lipinski definition) is 2. The molecule has 1 fully saturated rings. The van der Waals surface area contributed by atoms with Gasteiger partial charge in [0.2, 0.25) is 5.91 Å². The Morgan fingerprint density at radius 3 is 3.00 bits per heavy atom. The summed E-state index contributed by atoms with van der Waals surface area (Å²) >= 11 is 0. The van der Waals surface area contributed by atoms with Crippen LogP contribution in [-0.2, 0) is 16.1 Å². The zero-order chi connectivity index (χ0) is 16.7. The van der Waals surface area contributed by atoms with E-state index >= 15 is 0 Å². The highest BCUT2D eigenvalue weighted by Gasteiger charge is 2.17. The van der Waals surface area contributed by atoms with Crippen molar-refractivity contribution in [3.05, 3.63) is 29.3 Å². The third kappa shape index (κ3) is 5.52. The van der Waals surface area contributed by atoms with Crippen molar-refractivity contribution in [2.75, 3.05) is 26.8 Å². The van der Waals surface area contributed by atoms with E-state index in [0.29, 0.717) is 19.7 Å². The molecule has 0 saturated carbocycles. The summed E-state index contributed by atoms with van der Waals surface area (Å²) < 4.78 is 11.6. The van der Waals surface area contributed by atoms with Gasteiger partial charge in [0.05, 0.1) is 6.10 Å². The maximum absolute atomic E-state index is 12.0. The van der Waals surface area contributed by atoms with Gasteiger partial charge in [-0.3, -0.25) is 4.79 Å². The summed E-state index contributed by atoms with van der Waals surface area (Å²) in [5, 5.41) is 6.00. The van der Waals surface area contributed by atoms with E-state index in [2.05, 4.69) is 10.6 Å². The molecule has 1 aromatic rings. The molecule has 2 atom stereocenters. The van der Waals surface area contributed by atoms with E-state index in [0.717, 1.165) is 36.3 Å². The standard InChI is InChI=1S/C18H28N2O3/c1-13-6-7-15(11-20-18(21)14(2)10-19-3)17(9-13)23-12-16-5-4-8-22-16/h6-7,9,14,16,19H,4-5,8,10-12H2,1-3H3,(H,20,21). The highest BCUT2D eigenvalue weighted by atomic mass is 16.5. The first-order valence-corrected chi connectivity index (χ1v) is 8.36. The van der Waals surface area contributed by atoms with Gasteiger partial charge < -0.3 is 20.1 Å². The van der Waals surface area contributed by atoms with E-state index in [1.165, 1.54) is 0 Å². The molecule has 1 amide bonds. The minimum Gasteiger partial charge on any atom is -0.491 e. The van der Waals surface area contributed by atoms with Crippen molar-refractivity contribution in [2.45, 2.75) is 39.3 Å². The van der Waals surface area contributed by atoms with Gasteiger partial charge in [0.25, 0.3) is 0 Å². The molecule has 0 bridgehead atoms. The minimum atomic E-state index is -0.0540. The summed E-state index contributed by atoms with van der Waals surface area (Å²) in [6.45, 7) is 6.50. The Morgan fingerprint density at radius 1 is 1.48 bits per heavy atom. The number of aryl methyl sites for hydroxylation is 1. The summed E-state index contributed by atoms with van der Waals surface area (Å²) in [4.78, 5) is 12.0. The molecule has 1 aliphatic rings. The fourth-order valence-electron chi connectivity index (χ4n) is 2.66. The van der Waals surface area contributed by atoms with E-state index in [4.69, 9.17) is 9.47 Å². The molecule has 5 nitrogen and oxygen atoms in total. The van der Waals surface area contributed by atoms with Crippen LogP contribution in [0.15, 0.2) is 18.2 Å². The van der Waals surface area contributed by atoms with E-state index in [9.17, 15) is 4.79 Å². The molecule has 0 radical (unpaired) electrons. The Morgan fingerprint density at radius 2 is 2.30 bits per heavy atom. The quantitative estimate of drug-likeness (QED) is 0.769. The number of carbonyl (C=O) groups excluding carboxylic acids is 1. The Kier molecular flexibility index (Phi) is 6.86. The van der Waals surface area contributed by atoms with E-state index < -0.39 is 0 Å². The first kappa shape index (κ1) is 17.8. The number of rotatable bonds is 8. The molecule has 128 valence electrons. The molecule has 1 aliphatic heterocycles. The van der Waals surface area contributed by atoms with Crippen LogP contribution in [0.2, 0.25) is 0 Å². The molecule has 1 saturated heterocycles. The highest BCUT2D eigenvalue weighted by Crippen LogP contribution is 2.22. The third-order valence-electron chi connectivity index (χ3n) is 4.08. The van der Waals surface area contributed by atoms with Gasteiger partial charge in [0.1, 0.15) is 12.4 Å². The Labute approximate surface area is 138 Å². The van der Waals surface area contributed by atoms with Gasteiger partial charge in [-0.25, -0.2) is 0 Å². The van der Waals surface area contributed by atoms with Gasteiger partial charge in [-0.05, 0) is 38.4 Å². The second-order valence-electron chi connectivity index (χ2n) is 6.23. The van der Waals surface area contributed by atoms with Gasteiger partial charge in [0.15, 0.2) is 0 Å². The van der Waals surface area contributed by atoms with Crippen molar-refractivity contribution in [2.24, 2.45) is 5.92 Å². The van der Waals surface area contributed by atoms with Crippen molar-refractivity contribution >= 4 is 5.91 Å². The van der Waals surface area contributed by atoms with Crippen LogP contribution in [0.1, 0.15) is 30.9 Å². The molecule has 1 aromatic carbocycles. The fraction of sp³-hybridized carbons (Fsp3) is 0.611. The van der Waals surface area contributed by atoms with E-state index in [-0.39, 0.29) is 17.9 Å². The van der Waals surface area contributed by atoms with Crippen LogP contribution in [-0.4, -0.2) is 38.8 Å². The molecule has 0 aliphatic carbocycles. The predicted octanol–water partition coefficient (Wildman–Crippen LogP) is 2.02. The average Bonchev–Trinajstić information content (AvgIpc) is 3.05. The van der Waals surface area contributed by atoms with E-state index in [1.807, 2.05) is 39.1 Å². The summed E-state index contributed by atoms with van der Waals surface area (Å²) in [7, 11) is 1.85. The zero-order valence-electron chi connectivity index (χ0n) is 14.4. The number of carbonyl (C=O) groups is 1. The lowest BCUT2D eigenvalue weighted by atomic mass is 10.1. The Hall–Kier alpha value is -1.59. The molecule has 0 spiro atoms. The van der Waals surface area contributed by atoms with Gasteiger partial charge in [-0.1, -0.05) is 19.1 Å². The summed E-state index contributed by atoms with van der Waals surface area (Å²) in [6.07, 6.45) is 2.35. The first-order chi connectivity index (χ1) is 11.1. The number of benzene rings is 1. The van der Waals surface area contributed by atoms with Crippen LogP contribution in [0.5, 0.6) is 5.75 Å². The largest absolute Gasteiger partial charge is 0.491 e. The normalized spacial score (nSPS) is 18.7. The van der Waals surface area contributed by atoms with Crippen LogP contribution in [0.25, 0.3) is 0 Å². The summed E-state index contributed by atoms with van der Waals surface area (Å²) in [5.41, 5.74) is 2.14. The summed E-state index contributed by atoms with van der Waals surface area (Å²) in [5.74, 6) is 0.828. The van der Waals surface area contributed by atoms with Crippen molar-refractivity contribution in [3.8, 4) is 5.75 Å². The highest BCUT2D eigenvalue weighted by molar-refractivity contribution is 5.78. The SMILES string of the molecule is CNCC(C)C(=O)NCc1ccc(C)cc1OCC1CCCO1. The molecular formula is C18H28N2O3. The van der Waals surface area contributed by atoms with Crippen LogP contribution < -0.4 is 15.4 Å². The molecule has 2 unspecified atom stereocenters. The second-order valence-corrected chi connectivity index (χ2v) is 6.23. The van der Waals surface area contributed by atoms with Gasteiger partial charge >= 0.3 is 0 Å². The number of amides is 1. The molecule has 2 N–H and O–H groups in total. The van der Waals surface area contributed by atoms with Crippen molar-refractivity contribution in [3.63, 3.8) is 0 Å². The third-order valence-corrected chi connectivity index (χ3v) is 4.08. The molecule has 0 aromatic heterocycles. The summed E-state index contributed by atoms with van der Waals surface area (Å²) in [6, 6.07) is 6.08. The second kappa shape index (κ2) is 8.89. The van der Waals surface area contributed by atoms with Crippen LogP contribution in [0.3, 0.4) is 0 Å². The topological polar surface area (TPSA) is 59.6 Å². The maximum atomic E-state index is 12.0. The maximum Gasteiger partial charge on any atom is 0.224 e. The lowest BCUT2D eigenvalue weighted by Gasteiger charge is -2.17. The van der Waals surface area contributed by atoms with Gasteiger partial charge in [-0.2, -0.15) is 0 Å². The minimum absolute atomic E-state index is 0.0463. The van der Waals surface area contributed by atoms with E-state index in [1.54, 1.807) is 0 Å². The van der Waals surface area contributed by atoms with Crippen LogP contribution in [0, 0.1) is 12.8 Å². The van der Waals surface area contributed by atoms with Crippen molar-refractivity contribution < 1.29 is 14.3 Å². The fourth-order valence-corrected chi connectivity index (χ4v) is 2.66. The van der Waals surface area contributed by atoms with Gasteiger partial charge in [0, 0.05) is 31.2 Å². The lowest BCUT2D eigenvalue weighted by Crippen LogP contribution is -2.34. The Bertz CT molecular complexity index is 513. The average molecular weight is 320 g/mol. The molecule has 5 heteroatoms. The smallest absolute Gasteiger partial charge is 0.224 e. The first-order valence-electron chi connectivity index (χ1n) is 8.36. The number of hydrogen-bond acceptors (Lipinski definition) is 4. The van der Waals surface area contributed by atoms with Crippen LogP contribution >= 0.6 is 0 Å². The lowest BCUT2D eigenvalue weighted by molar-refractivity contribution is -0.124. The number of ether oxygens (including phenoxy) is 2.